The van der Waals surface area contributed by atoms with Crippen LogP contribution in [0, 0.1) is 0 Å². The van der Waals surface area contributed by atoms with E-state index in [0.717, 1.165) is 42.1 Å². The van der Waals surface area contributed by atoms with Gasteiger partial charge in [0.1, 0.15) is 5.75 Å². The highest BCUT2D eigenvalue weighted by atomic mass is 35.5. The van der Waals surface area contributed by atoms with E-state index in [2.05, 4.69) is 10.2 Å². The number of rotatable bonds is 2. The molecule has 2 aliphatic heterocycles. The molecule has 0 bridgehead atoms. The van der Waals surface area contributed by atoms with Crippen molar-refractivity contribution in [2.45, 2.75) is 24.9 Å². The second-order valence-electron chi connectivity index (χ2n) is 6.34. The number of anilines is 1. The van der Waals surface area contributed by atoms with Gasteiger partial charge in [-0.2, -0.15) is 0 Å². The third-order valence-corrected chi connectivity index (χ3v) is 5.02. The van der Waals surface area contributed by atoms with Crippen molar-refractivity contribution >= 4 is 23.2 Å². The number of para-hydroxylation sites is 1. The van der Waals surface area contributed by atoms with Crippen molar-refractivity contribution in [1.82, 2.24) is 5.32 Å². The van der Waals surface area contributed by atoms with Gasteiger partial charge in [-0.3, -0.25) is 4.79 Å². The Morgan fingerprint density at radius 2 is 2.12 bits per heavy atom. The Hall–Kier alpha value is -2.27. The number of carbonyl (C=O) groups excluding carboxylic acids is 1. The van der Waals surface area contributed by atoms with E-state index >= 15 is 0 Å². The largest absolute Gasteiger partial charge is 0.455 e. The summed E-state index contributed by atoms with van der Waals surface area (Å²) in [7, 11) is 0. The number of hydrogen-bond acceptors (Lipinski definition) is 3. The molecule has 0 aromatic heterocycles. The summed E-state index contributed by atoms with van der Waals surface area (Å²) in [6.07, 6.45) is 1.68. The molecule has 6 heteroatoms. The summed E-state index contributed by atoms with van der Waals surface area (Å²) in [6, 6.07) is 13.0. The van der Waals surface area contributed by atoms with Gasteiger partial charge in [0.05, 0.1) is 17.8 Å². The van der Waals surface area contributed by atoms with Crippen LogP contribution >= 0.6 is 11.6 Å². The van der Waals surface area contributed by atoms with Crippen LogP contribution in [-0.4, -0.2) is 25.2 Å². The minimum atomic E-state index is -1.01. The SMILES string of the molecule is O=C(CF)N[C@@H]1CCCN2c3cc(Cl)ccc3Oc3ccccc3[C@@H]12. The Morgan fingerprint density at radius 1 is 1.28 bits per heavy atom. The second kappa shape index (κ2) is 6.56. The van der Waals surface area contributed by atoms with Crippen LogP contribution in [0.4, 0.5) is 10.1 Å². The number of carbonyl (C=O) groups is 1. The van der Waals surface area contributed by atoms with Crippen LogP contribution in [0.15, 0.2) is 42.5 Å². The fourth-order valence-electron chi connectivity index (χ4n) is 3.78. The lowest BCUT2D eigenvalue weighted by Gasteiger charge is -2.42. The first-order chi connectivity index (χ1) is 12.2. The molecule has 2 aromatic carbocycles. The maximum absolute atomic E-state index is 12.8. The molecule has 0 saturated carbocycles. The topological polar surface area (TPSA) is 41.6 Å². The van der Waals surface area contributed by atoms with E-state index in [4.69, 9.17) is 16.3 Å². The number of fused-ring (bicyclic) bond motifs is 5. The van der Waals surface area contributed by atoms with E-state index in [-0.39, 0.29) is 12.1 Å². The molecule has 1 N–H and O–H groups in total. The maximum atomic E-state index is 12.8. The lowest BCUT2D eigenvalue weighted by Crippen LogP contribution is -2.50. The van der Waals surface area contributed by atoms with E-state index in [1.165, 1.54) is 0 Å². The number of hydrogen-bond donors (Lipinski definition) is 1. The molecule has 0 aliphatic carbocycles. The summed E-state index contributed by atoms with van der Waals surface area (Å²) in [5.74, 6) is 0.901. The van der Waals surface area contributed by atoms with Gasteiger partial charge < -0.3 is 15.0 Å². The summed E-state index contributed by atoms with van der Waals surface area (Å²) in [5, 5.41) is 3.46. The quantitative estimate of drug-likeness (QED) is 0.870. The number of nitrogens with zero attached hydrogens (tertiary/aromatic N) is 1. The van der Waals surface area contributed by atoms with E-state index in [0.29, 0.717) is 5.02 Å². The van der Waals surface area contributed by atoms with Crippen LogP contribution in [-0.2, 0) is 4.79 Å². The minimum absolute atomic E-state index is 0.125. The predicted molar refractivity (Wildman–Crippen MR) is 95.2 cm³/mol. The molecule has 0 unspecified atom stereocenters. The van der Waals surface area contributed by atoms with E-state index in [1.807, 2.05) is 36.4 Å². The smallest absolute Gasteiger partial charge is 0.251 e. The van der Waals surface area contributed by atoms with Crippen LogP contribution in [0.5, 0.6) is 11.5 Å². The lowest BCUT2D eigenvalue weighted by molar-refractivity contribution is -0.122. The zero-order valence-corrected chi connectivity index (χ0v) is 14.3. The molecule has 4 nitrogen and oxygen atoms in total. The third kappa shape index (κ3) is 2.93. The molecular formula is C19H18ClFN2O2. The Bertz CT molecular complexity index is 814. The number of amides is 1. The van der Waals surface area contributed by atoms with Crippen molar-refractivity contribution in [2.75, 3.05) is 18.1 Å². The number of ether oxygens (including phenoxy) is 1. The van der Waals surface area contributed by atoms with E-state index in [9.17, 15) is 9.18 Å². The highest BCUT2D eigenvalue weighted by molar-refractivity contribution is 6.31. The standard InChI is InChI=1S/C19H18ClFN2O2/c20-12-7-8-17-15(10-12)23-9-3-5-14(22-18(24)11-21)19(23)13-4-1-2-6-16(13)25-17/h1-2,4,6-8,10,14,19H,3,5,9,11H2,(H,22,24)/t14-,19+/m1/s1. The average Bonchev–Trinajstić information content (AvgIpc) is 2.77. The van der Waals surface area contributed by atoms with Gasteiger partial charge in [-0.1, -0.05) is 29.8 Å². The number of nitrogens with one attached hydrogen (secondary N) is 1. The third-order valence-electron chi connectivity index (χ3n) is 4.79. The molecule has 1 saturated heterocycles. The van der Waals surface area contributed by atoms with Gasteiger partial charge in [-0.05, 0) is 37.1 Å². The molecule has 4 rings (SSSR count). The van der Waals surface area contributed by atoms with Gasteiger partial charge in [0.25, 0.3) is 5.91 Å². The molecule has 0 spiro atoms. The maximum Gasteiger partial charge on any atom is 0.251 e. The minimum Gasteiger partial charge on any atom is -0.455 e. The van der Waals surface area contributed by atoms with Gasteiger partial charge in [-0.15, -0.1) is 0 Å². The second-order valence-corrected chi connectivity index (χ2v) is 6.78. The van der Waals surface area contributed by atoms with Gasteiger partial charge in [0.2, 0.25) is 0 Å². The molecule has 2 aromatic rings. The normalized spacial score (nSPS) is 21.3. The molecule has 1 amide bonds. The van der Waals surface area contributed by atoms with E-state index in [1.54, 1.807) is 6.07 Å². The predicted octanol–water partition coefficient (Wildman–Crippen LogP) is 4.24. The van der Waals surface area contributed by atoms with Crippen molar-refractivity contribution < 1.29 is 13.9 Å². The Balaban J connectivity index is 1.85. The fourth-order valence-corrected chi connectivity index (χ4v) is 3.95. The molecule has 2 aliphatic rings. The molecule has 25 heavy (non-hydrogen) atoms. The van der Waals surface area contributed by atoms with Crippen molar-refractivity contribution in [2.24, 2.45) is 0 Å². The van der Waals surface area contributed by atoms with Gasteiger partial charge in [0.15, 0.2) is 12.4 Å². The Kier molecular flexibility index (Phi) is 4.25. The molecule has 2 heterocycles. The zero-order chi connectivity index (χ0) is 17.4. The number of alkyl halides is 1. The van der Waals surface area contributed by atoms with Crippen LogP contribution in [0.25, 0.3) is 0 Å². The highest BCUT2D eigenvalue weighted by Gasteiger charge is 2.38. The van der Waals surface area contributed by atoms with Crippen LogP contribution in [0.3, 0.4) is 0 Å². The summed E-state index contributed by atoms with van der Waals surface area (Å²) in [5.41, 5.74) is 1.88. The van der Waals surface area contributed by atoms with Crippen LogP contribution in [0.1, 0.15) is 24.4 Å². The number of piperidine rings is 1. The molecule has 2 atom stereocenters. The summed E-state index contributed by atoms with van der Waals surface area (Å²) >= 11 is 6.21. The molecule has 0 radical (unpaired) electrons. The monoisotopic (exact) mass is 360 g/mol. The average molecular weight is 361 g/mol. The summed E-state index contributed by atoms with van der Waals surface area (Å²) in [6.45, 7) is -0.193. The van der Waals surface area contributed by atoms with Crippen molar-refractivity contribution in [1.29, 1.82) is 0 Å². The summed E-state index contributed by atoms with van der Waals surface area (Å²) < 4.78 is 18.9. The number of halogens is 2. The summed E-state index contributed by atoms with van der Waals surface area (Å²) in [4.78, 5) is 13.9. The van der Waals surface area contributed by atoms with Gasteiger partial charge in [-0.25, -0.2) is 4.39 Å². The van der Waals surface area contributed by atoms with Crippen molar-refractivity contribution in [3.63, 3.8) is 0 Å². The highest BCUT2D eigenvalue weighted by Crippen LogP contribution is 2.48. The first-order valence-electron chi connectivity index (χ1n) is 8.35. The van der Waals surface area contributed by atoms with Crippen LogP contribution < -0.4 is 15.0 Å². The van der Waals surface area contributed by atoms with Crippen LogP contribution in [0.2, 0.25) is 5.02 Å². The Labute approximate surface area is 150 Å². The van der Waals surface area contributed by atoms with Crippen molar-refractivity contribution in [3.05, 3.63) is 53.1 Å². The first-order valence-corrected chi connectivity index (χ1v) is 8.73. The molecule has 1 fully saturated rings. The Morgan fingerprint density at radius 3 is 2.96 bits per heavy atom. The molecule has 130 valence electrons. The number of benzene rings is 2. The van der Waals surface area contributed by atoms with E-state index < -0.39 is 12.6 Å². The fraction of sp³-hybridized carbons (Fsp3) is 0.316. The lowest BCUT2D eigenvalue weighted by atomic mass is 9.89. The van der Waals surface area contributed by atoms with Gasteiger partial charge in [0, 0.05) is 17.1 Å². The molecular weight excluding hydrogens is 343 g/mol. The van der Waals surface area contributed by atoms with Gasteiger partial charge >= 0.3 is 0 Å². The zero-order valence-electron chi connectivity index (χ0n) is 13.5. The van der Waals surface area contributed by atoms with Crippen molar-refractivity contribution in [3.8, 4) is 11.5 Å². The first kappa shape index (κ1) is 16.2.